The zero-order chi connectivity index (χ0) is 15.3. The van der Waals surface area contributed by atoms with Crippen LogP contribution >= 0.6 is 0 Å². The molecule has 0 heterocycles. The van der Waals surface area contributed by atoms with Crippen LogP contribution in [0.4, 0.5) is 13.2 Å². The maximum absolute atomic E-state index is 12.0. The van der Waals surface area contributed by atoms with Gasteiger partial charge in [-0.05, 0) is 31.0 Å². The van der Waals surface area contributed by atoms with Gasteiger partial charge in [0.15, 0.2) is 11.5 Å². The highest BCUT2D eigenvalue weighted by Crippen LogP contribution is 2.25. The number of rotatable bonds is 5. The second kappa shape index (κ2) is 6.49. The molecule has 1 atom stereocenters. The molecule has 4 nitrogen and oxygen atoms in total. The highest BCUT2D eigenvalue weighted by molar-refractivity contribution is 5.76. The van der Waals surface area contributed by atoms with Crippen molar-refractivity contribution in [2.75, 3.05) is 0 Å². The van der Waals surface area contributed by atoms with E-state index >= 15 is 0 Å². The van der Waals surface area contributed by atoms with Gasteiger partial charge in [0, 0.05) is 12.5 Å². The standard InChI is InChI=1S/C13H16F3NO3/c1-8(17-12(20)4-5-13(14,15)16)6-9-2-3-10(18)11(19)7-9/h2-3,7-8,18-19H,4-6H2,1H3,(H,17,20). The number of hydrogen-bond acceptors (Lipinski definition) is 3. The fourth-order valence-corrected chi connectivity index (χ4v) is 1.70. The Morgan fingerprint density at radius 2 is 1.95 bits per heavy atom. The fourth-order valence-electron chi connectivity index (χ4n) is 1.70. The first-order valence-corrected chi connectivity index (χ1v) is 6.04. The third-order valence-corrected chi connectivity index (χ3v) is 2.62. The summed E-state index contributed by atoms with van der Waals surface area (Å²) >= 11 is 0. The molecule has 1 aromatic carbocycles. The Balaban J connectivity index is 2.44. The molecule has 0 radical (unpaired) electrons. The number of amides is 1. The Morgan fingerprint density at radius 3 is 2.50 bits per heavy atom. The number of halogens is 3. The molecule has 1 aromatic rings. The predicted molar refractivity (Wildman–Crippen MR) is 66.4 cm³/mol. The number of phenols is 2. The third-order valence-electron chi connectivity index (χ3n) is 2.62. The Kier molecular flexibility index (Phi) is 5.24. The quantitative estimate of drug-likeness (QED) is 0.730. The highest BCUT2D eigenvalue weighted by atomic mass is 19.4. The lowest BCUT2D eigenvalue weighted by molar-refractivity contribution is -0.144. The third kappa shape index (κ3) is 5.81. The Hall–Kier alpha value is -1.92. The highest BCUT2D eigenvalue weighted by Gasteiger charge is 2.28. The van der Waals surface area contributed by atoms with E-state index in [0.29, 0.717) is 12.0 Å². The van der Waals surface area contributed by atoms with Crippen LogP contribution in [0.15, 0.2) is 18.2 Å². The minimum atomic E-state index is -4.34. The minimum Gasteiger partial charge on any atom is -0.504 e. The van der Waals surface area contributed by atoms with Crippen molar-refractivity contribution in [2.24, 2.45) is 0 Å². The van der Waals surface area contributed by atoms with Gasteiger partial charge in [-0.2, -0.15) is 13.2 Å². The molecule has 0 aliphatic heterocycles. The summed E-state index contributed by atoms with van der Waals surface area (Å²) in [6.45, 7) is 1.65. The SMILES string of the molecule is CC(Cc1ccc(O)c(O)c1)NC(=O)CCC(F)(F)F. The molecule has 1 unspecified atom stereocenters. The fraction of sp³-hybridized carbons (Fsp3) is 0.462. The molecule has 112 valence electrons. The maximum Gasteiger partial charge on any atom is 0.389 e. The van der Waals surface area contributed by atoms with Crippen LogP contribution in [0.25, 0.3) is 0 Å². The zero-order valence-corrected chi connectivity index (χ0v) is 10.9. The number of alkyl halides is 3. The van der Waals surface area contributed by atoms with E-state index in [2.05, 4.69) is 5.32 Å². The summed E-state index contributed by atoms with van der Waals surface area (Å²) in [7, 11) is 0. The molecule has 3 N–H and O–H groups in total. The second-order valence-corrected chi connectivity index (χ2v) is 4.61. The van der Waals surface area contributed by atoms with Crippen molar-refractivity contribution in [2.45, 2.75) is 38.4 Å². The van der Waals surface area contributed by atoms with E-state index in [1.165, 1.54) is 12.1 Å². The van der Waals surface area contributed by atoms with Crippen LogP contribution in [-0.4, -0.2) is 28.3 Å². The molecule has 0 aromatic heterocycles. The van der Waals surface area contributed by atoms with Gasteiger partial charge in [-0.15, -0.1) is 0 Å². The molecule has 1 amide bonds. The van der Waals surface area contributed by atoms with Crippen LogP contribution in [0, 0.1) is 0 Å². The topological polar surface area (TPSA) is 69.6 Å². The first-order valence-electron chi connectivity index (χ1n) is 6.04. The maximum atomic E-state index is 12.0. The van der Waals surface area contributed by atoms with Gasteiger partial charge in [0.2, 0.25) is 5.91 Å². The van der Waals surface area contributed by atoms with Crippen molar-refractivity contribution < 1.29 is 28.2 Å². The summed E-state index contributed by atoms with van der Waals surface area (Å²) in [6.07, 6.45) is -5.75. The van der Waals surface area contributed by atoms with Gasteiger partial charge in [0.05, 0.1) is 6.42 Å². The van der Waals surface area contributed by atoms with E-state index in [4.69, 9.17) is 5.11 Å². The monoisotopic (exact) mass is 291 g/mol. The van der Waals surface area contributed by atoms with Crippen molar-refractivity contribution in [3.63, 3.8) is 0 Å². The number of phenolic OH excluding ortho intramolecular Hbond substituents is 2. The molecule has 7 heteroatoms. The summed E-state index contributed by atoms with van der Waals surface area (Å²) in [6, 6.07) is 3.84. The van der Waals surface area contributed by atoms with Gasteiger partial charge in [-0.25, -0.2) is 0 Å². The van der Waals surface area contributed by atoms with Crippen molar-refractivity contribution in [1.29, 1.82) is 0 Å². The van der Waals surface area contributed by atoms with Crippen LogP contribution in [0.3, 0.4) is 0 Å². The van der Waals surface area contributed by atoms with Crippen molar-refractivity contribution in [3.05, 3.63) is 23.8 Å². The number of carbonyl (C=O) groups is 1. The van der Waals surface area contributed by atoms with Gasteiger partial charge in [0.1, 0.15) is 0 Å². The molecule has 0 saturated heterocycles. The molecule has 0 aliphatic carbocycles. The molecule has 0 saturated carbocycles. The predicted octanol–water partition coefficient (Wildman–Crippen LogP) is 2.49. The average Bonchev–Trinajstić information content (AvgIpc) is 2.30. The molecular weight excluding hydrogens is 275 g/mol. The van der Waals surface area contributed by atoms with E-state index in [1.54, 1.807) is 13.0 Å². The van der Waals surface area contributed by atoms with E-state index in [-0.39, 0.29) is 17.5 Å². The first-order chi connectivity index (χ1) is 9.17. The number of carbonyl (C=O) groups excluding carboxylic acids is 1. The van der Waals surface area contributed by atoms with Gasteiger partial charge >= 0.3 is 6.18 Å². The van der Waals surface area contributed by atoms with E-state index in [1.807, 2.05) is 0 Å². The molecule has 1 rings (SSSR count). The van der Waals surface area contributed by atoms with E-state index in [9.17, 15) is 23.1 Å². The molecule has 0 spiro atoms. The largest absolute Gasteiger partial charge is 0.504 e. The lowest BCUT2D eigenvalue weighted by Gasteiger charge is -2.15. The summed E-state index contributed by atoms with van der Waals surface area (Å²) < 4.78 is 35.9. The van der Waals surface area contributed by atoms with Crippen LogP contribution in [0.2, 0.25) is 0 Å². The Bertz CT molecular complexity index is 474. The van der Waals surface area contributed by atoms with Crippen LogP contribution in [0.1, 0.15) is 25.3 Å². The van der Waals surface area contributed by atoms with Crippen molar-refractivity contribution in [1.82, 2.24) is 5.32 Å². The first kappa shape index (κ1) is 16.1. The molecular formula is C13H16F3NO3. The summed E-state index contributed by atoms with van der Waals surface area (Å²) in [4.78, 5) is 11.3. The zero-order valence-electron chi connectivity index (χ0n) is 10.9. The molecule has 20 heavy (non-hydrogen) atoms. The van der Waals surface area contributed by atoms with E-state index in [0.717, 1.165) is 0 Å². The van der Waals surface area contributed by atoms with Gasteiger partial charge < -0.3 is 15.5 Å². The normalized spacial score (nSPS) is 13.0. The van der Waals surface area contributed by atoms with Gasteiger partial charge in [-0.3, -0.25) is 4.79 Å². The van der Waals surface area contributed by atoms with Crippen molar-refractivity contribution >= 4 is 5.91 Å². The van der Waals surface area contributed by atoms with Crippen LogP contribution in [-0.2, 0) is 11.2 Å². The Labute approximate surface area is 114 Å². The average molecular weight is 291 g/mol. The van der Waals surface area contributed by atoms with Gasteiger partial charge in [0.25, 0.3) is 0 Å². The number of aromatic hydroxyl groups is 2. The number of nitrogens with one attached hydrogen (secondary N) is 1. The van der Waals surface area contributed by atoms with E-state index < -0.39 is 24.9 Å². The molecule has 0 aliphatic rings. The lowest BCUT2D eigenvalue weighted by atomic mass is 10.1. The number of hydrogen-bond donors (Lipinski definition) is 3. The van der Waals surface area contributed by atoms with Crippen molar-refractivity contribution in [3.8, 4) is 11.5 Å². The second-order valence-electron chi connectivity index (χ2n) is 4.61. The molecule has 0 fully saturated rings. The minimum absolute atomic E-state index is 0.254. The van der Waals surface area contributed by atoms with Crippen LogP contribution < -0.4 is 5.32 Å². The summed E-state index contributed by atoms with van der Waals surface area (Å²) in [5, 5.41) is 20.9. The Morgan fingerprint density at radius 1 is 1.30 bits per heavy atom. The lowest BCUT2D eigenvalue weighted by Crippen LogP contribution is -2.34. The summed E-state index contributed by atoms with van der Waals surface area (Å²) in [5.41, 5.74) is 0.656. The summed E-state index contributed by atoms with van der Waals surface area (Å²) in [5.74, 6) is -1.20. The van der Waals surface area contributed by atoms with Gasteiger partial charge in [-0.1, -0.05) is 6.07 Å². The van der Waals surface area contributed by atoms with Crippen LogP contribution in [0.5, 0.6) is 11.5 Å². The molecule has 0 bridgehead atoms. The smallest absolute Gasteiger partial charge is 0.389 e. The number of benzene rings is 1.